The summed E-state index contributed by atoms with van der Waals surface area (Å²) in [5.74, 6) is 0.0923. The minimum absolute atomic E-state index is 0.0695. The van der Waals surface area contributed by atoms with E-state index in [9.17, 15) is 0 Å². The fraction of sp³-hybridized carbons (Fsp3) is 0.267. The molecule has 2 aromatic rings. The van der Waals surface area contributed by atoms with Crippen LogP contribution in [0.3, 0.4) is 0 Å². The summed E-state index contributed by atoms with van der Waals surface area (Å²) in [5, 5.41) is 8.74. The number of rotatable bonds is 2. The Balaban J connectivity index is 2.08. The van der Waals surface area contributed by atoms with Crippen LogP contribution in [-0.4, -0.2) is 16.7 Å². The molecule has 1 atom stereocenters. The third-order valence-corrected chi connectivity index (χ3v) is 5.60. The van der Waals surface area contributed by atoms with Crippen molar-refractivity contribution in [2.45, 2.75) is 25.7 Å². The number of hydrogen-bond donors (Lipinski definition) is 2. The van der Waals surface area contributed by atoms with E-state index in [-0.39, 0.29) is 11.9 Å². The first-order valence-electron chi connectivity index (χ1n) is 7.00. The number of aryl methyl sites for hydroxylation is 1. The number of guanidine groups is 1. The molecule has 1 unspecified atom stereocenters. The molecule has 0 amide bonds. The zero-order valence-electron chi connectivity index (χ0n) is 12.4. The molecule has 0 bridgehead atoms. The van der Waals surface area contributed by atoms with Gasteiger partial charge < -0.3 is 11.5 Å². The third-order valence-electron chi connectivity index (χ3n) is 3.75. The van der Waals surface area contributed by atoms with E-state index in [1.807, 2.05) is 13.0 Å². The van der Waals surface area contributed by atoms with Crippen LogP contribution in [0.2, 0.25) is 9.36 Å². The van der Waals surface area contributed by atoms with E-state index in [1.165, 1.54) is 11.3 Å². The Morgan fingerprint density at radius 3 is 2.78 bits per heavy atom. The van der Waals surface area contributed by atoms with E-state index in [0.717, 1.165) is 33.8 Å². The first-order chi connectivity index (χ1) is 11.0. The van der Waals surface area contributed by atoms with Gasteiger partial charge in [-0.15, -0.1) is 16.4 Å². The maximum atomic E-state index is 6.31. The van der Waals surface area contributed by atoms with Crippen LogP contribution in [0.25, 0.3) is 0 Å². The Morgan fingerprint density at radius 2 is 2.13 bits per heavy atom. The third kappa shape index (κ3) is 3.34. The van der Waals surface area contributed by atoms with E-state index >= 15 is 0 Å². The monoisotopic (exact) mass is 367 g/mol. The largest absolute Gasteiger partial charge is 0.369 e. The van der Waals surface area contributed by atoms with Gasteiger partial charge in [-0.25, -0.2) is 0 Å². The van der Waals surface area contributed by atoms with Crippen molar-refractivity contribution < 1.29 is 0 Å². The molecule has 0 fully saturated rings. The molecule has 1 aliphatic carbocycles. The molecule has 0 saturated carbocycles. The normalized spacial score (nSPS) is 18.7. The van der Waals surface area contributed by atoms with Gasteiger partial charge in [0, 0.05) is 29.0 Å². The van der Waals surface area contributed by atoms with Gasteiger partial charge in [-0.1, -0.05) is 23.2 Å². The number of fused-ring (bicyclic) bond motifs is 1. The van der Waals surface area contributed by atoms with Gasteiger partial charge in [0.25, 0.3) is 0 Å². The lowest BCUT2D eigenvalue weighted by Gasteiger charge is -2.25. The highest BCUT2D eigenvalue weighted by Gasteiger charge is 2.29. The molecular weight excluding hydrogens is 353 g/mol. The SMILES string of the molecule is Cc1ccnc2c1/C(=N/N=C(N)N)CC(c1sc(Cl)cc1Cl)C2. The molecule has 0 spiro atoms. The Labute approximate surface area is 148 Å². The number of thiophene rings is 1. The molecule has 4 N–H and O–H groups in total. The van der Waals surface area contributed by atoms with E-state index in [0.29, 0.717) is 15.8 Å². The van der Waals surface area contributed by atoms with Gasteiger partial charge >= 0.3 is 0 Å². The molecule has 23 heavy (non-hydrogen) atoms. The second-order valence-electron chi connectivity index (χ2n) is 5.39. The average molecular weight is 368 g/mol. The lowest BCUT2D eigenvalue weighted by Crippen LogP contribution is -2.24. The van der Waals surface area contributed by atoms with Crippen molar-refractivity contribution in [3.8, 4) is 0 Å². The van der Waals surface area contributed by atoms with Gasteiger partial charge in [-0.2, -0.15) is 5.10 Å². The van der Waals surface area contributed by atoms with Crippen molar-refractivity contribution >= 4 is 46.2 Å². The van der Waals surface area contributed by atoms with Crippen LogP contribution in [-0.2, 0) is 6.42 Å². The first kappa shape index (κ1) is 16.2. The lowest BCUT2D eigenvalue weighted by molar-refractivity contribution is 0.689. The van der Waals surface area contributed by atoms with Gasteiger partial charge in [-0.3, -0.25) is 4.98 Å². The molecule has 2 heterocycles. The van der Waals surface area contributed by atoms with Gasteiger partial charge in [-0.05, 0) is 31.0 Å². The average Bonchev–Trinajstić information content (AvgIpc) is 2.83. The number of nitrogens with two attached hydrogens (primary N) is 2. The molecular formula is C15H15Cl2N5S. The maximum absolute atomic E-state index is 6.31. The standard InChI is InChI=1S/C15H15Cl2N5S/c1-7-2-3-20-10-4-8(14-9(16)6-12(17)23-14)5-11(13(7)10)21-22-15(18)19/h2-3,6,8H,4-5H2,1H3,(H4,18,19,22)/b21-11+. The van der Waals surface area contributed by atoms with Crippen LogP contribution in [0.1, 0.15) is 34.0 Å². The zero-order valence-corrected chi connectivity index (χ0v) is 14.7. The molecule has 8 heteroatoms. The Morgan fingerprint density at radius 1 is 1.35 bits per heavy atom. The molecule has 5 nitrogen and oxygen atoms in total. The highest BCUT2D eigenvalue weighted by molar-refractivity contribution is 7.16. The van der Waals surface area contributed by atoms with E-state index in [4.69, 9.17) is 34.7 Å². The van der Waals surface area contributed by atoms with Crippen molar-refractivity contribution in [2.24, 2.45) is 21.7 Å². The van der Waals surface area contributed by atoms with Crippen LogP contribution in [0.15, 0.2) is 28.5 Å². The lowest BCUT2D eigenvalue weighted by atomic mass is 9.83. The highest BCUT2D eigenvalue weighted by Crippen LogP contribution is 2.42. The fourth-order valence-corrected chi connectivity index (χ4v) is 4.57. The molecule has 1 aliphatic rings. The summed E-state index contributed by atoms with van der Waals surface area (Å²) in [7, 11) is 0. The quantitative estimate of drug-likeness (QED) is 0.483. The van der Waals surface area contributed by atoms with Crippen LogP contribution in [0, 0.1) is 6.92 Å². The molecule has 0 saturated heterocycles. The predicted octanol–water partition coefficient (Wildman–Crippen LogP) is 3.47. The van der Waals surface area contributed by atoms with Crippen molar-refractivity contribution in [3.63, 3.8) is 0 Å². The van der Waals surface area contributed by atoms with E-state index < -0.39 is 0 Å². The minimum atomic E-state index is -0.0695. The van der Waals surface area contributed by atoms with E-state index in [2.05, 4.69) is 15.2 Å². The van der Waals surface area contributed by atoms with Gasteiger partial charge in [0.05, 0.1) is 20.8 Å². The number of aromatic nitrogens is 1. The Kier molecular flexibility index (Phi) is 4.57. The summed E-state index contributed by atoms with van der Waals surface area (Å²) in [4.78, 5) is 5.55. The summed E-state index contributed by atoms with van der Waals surface area (Å²) in [6.07, 6.45) is 3.28. The number of pyridine rings is 1. The summed E-state index contributed by atoms with van der Waals surface area (Å²) in [5.41, 5.74) is 14.7. The molecule has 120 valence electrons. The molecule has 0 aromatic carbocycles. The predicted molar refractivity (Wildman–Crippen MR) is 96.7 cm³/mol. The van der Waals surface area contributed by atoms with Crippen LogP contribution < -0.4 is 11.5 Å². The van der Waals surface area contributed by atoms with Gasteiger partial charge in [0.2, 0.25) is 5.96 Å². The van der Waals surface area contributed by atoms with Crippen molar-refractivity contribution in [3.05, 3.63) is 49.4 Å². The summed E-state index contributed by atoms with van der Waals surface area (Å²) in [6.45, 7) is 2.03. The van der Waals surface area contributed by atoms with Crippen molar-refractivity contribution in [1.82, 2.24) is 4.98 Å². The second kappa shape index (κ2) is 6.47. The molecule has 0 aliphatic heterocycles. The summed E-state index contributed by atoms with van der Waals surface area (Å²) < 4.78 is 0.677. The molecule has 0 radical (unpaired) electrons. The van der Waals surface area contributed by atoms with Gasteiger partial charge in [0.1, 0.15) is 0 Å². The highest BCUT2D eigenvalue weighted by atomic mass is 35.5. The second-order valence-corrected chi connectivity index (χ2v) is 7.51. The molecule has 3 rings (SSSR count). The van der Waals surface area contributed by atoms with Crippen LogP contribution in [0.5, 0.6) is 0 Å². The first-order valence-corrected chi connectivity index (χ1v) is 8.58. The Bertz CT molecular complexity index is 808. The fourth-order valence-electron chi connectivity index (χ4n) is 2.83. The van der Waals surface area contributed by atoms with E-state index in [1.54, 1.807) is 12.3 Å². The zero-order chi connectivity index (χ0) is 16.6. The van der Waals surface area contributed by atoms with Crippen molar-refractivity contribution in [2.75, 3.05) is 0 Å². The summed E-state index contributed by atoms with van der Waals surface area (Å²) in [6, 6.07) is 3.73. The maximum Gasteiger partial charge on any atom is 0.211 e. The summed E-state index contributed by atoms with van der Waals surface area (Å²) >= 11 is 13.9. The number of halogens is 2. The van der Waals surface area contributed by atoms with Crippen LogP contribution >= 0.6 is 34.5 Å². The smallest absolute Gasteiger partial charge is 0.211 e. The number of hydrogen-bond acceptors (Lipinski definition) is 4. The van der Waals surface area contributed by atoms with Gasteiger partial charge in [0.15, 0.2) is 0 Å². The van der Waals surface area contributed by atoms with Crippen molar-refractivity contribution in [1.29, 1.82) is 0 Å². The number of nitrogens with zero attached hydrogens (tertiary/aromatic N) is 3. The minimum Gasteiger partial charge on any atom is -0.369 e. The van der Waals surface area contributed by atoms with Crippen LogP contribution in [0.4, 0.5) is 0 Å². The molecule has 2 aromatic heterocycles. The Hall–Kier alpha value is -1.63. The topological polar surface area (TPSA) is 89.6 Å².